The van der Waals surface area contributed by atoms with Gasteiger partial charge >= 0.3 is 0 Å². The third-order valence-electron chi connectivity index (χ3n) is 3.21. The Morgan fingerprint density at radius 1 is 0.929 bits per heavy atom. The SMILES string of the molecule is CN(C)P1CCCC1(N(C)C)N(C)C. The average Bonchev–Trinajstić information content (AvgIpc) is 2.47. The van der Waals surface area contributed by atoms with Gasteiger partial charge in [0, 0.05) is 8.07 Å². The summed E-state index contributed by atoms with van der Waals surface area (Å²) in [6.07, 6.45) is 4.04. The van der Waals surface area contributed by atoms with E-state index in [4.69, 9.17) is 0 Å². The number of hydrogen-bond acceptors (Lipinski definition) is 3. The lowest BCUT2D eigenvalue weighted by molar-refractivity contribution is 0.0821. The first-order valence-corrected chi connectivity index (χ1v) is 6.70. The minimum Gasteiger partial charge on any atom is -0.287 e. The minimum absolute atomic E-state index is 0.0455. The molecule has 0 bridgehead atoms. The molecule has 0 amide bonds. The molecule has 4 heteroatoms. The van der Waals surface area contributed by atoms with Crippen LogP contribution in [0.4, 0.5) is 0 Å². The molecule has 3 nitrogen and oxygen atoms in total. The number of hydrogen-bond donors (Lipinski definition) is 0. The van der Waals surface area contributed by atoms with Gasteiger partial charge in [0.2, 0.25) is 0 Å². The van der Waals surface area contributed by atoms with Crippen LogP contribution in [0.25, 0.3) is 0 Å². The molecule has 0 aromatic rings. The van der Waals surface area contributed by atoms with Gasteiger partial charge in [-0.1, -0.05) is 0 Å². The fourth-order valence-electron chi connectivity index (χ4n) is 2.60. The zero-order valence-electron chi connectivity index (χ0n) is 10.4. The van der Waals surface area contributed by atoms with Crippen molar-refractivity contribution in [2.24, 2.45) is 0 Å². The van der Waals surface area contributed by atoms with Crippen molar-refractivity contribution >= 4 is 8.07 Å². The van der Waals surface area contributed by atoms with Crippen LogP contribution in [0.2, 0.25) is 0 Å². The molecule has 1 unspecified atom stereocenters. The normalized spacial score (nSPS) is 26.8. The fourth-order valence-corrected chi connectivity index (χ4v) is 5.80. The summed E-state index contributed by atoms with van der Waals surface area (Å²) in [7, 11) is 13.2. The lowest BCUT2D eigenvalue weighted by Gasteiger charge is -2.48. The molecule has 1 saturated heterocycles. The van der Waals surface area contributed by atoms with Gasteiger partial charge in [-0.2, -0.15) is 0 Å². The van der Waals surface area contributed by atoms with Crippen LogP contribution in [0.1, 0.15) is 12.8 Å². The first-order valence-electron chi connectivity index (χ1n) is 5.22. The van der Waals surface area contributed by atoms with Crippen LogP contribution in [0.15, 0.2) is 0 Å². The van der Waals surface area contributed by atoms with Crippen LogP contribution < -0.4 is 0 Å². The third-order valence-corrected chi connectivity index (χ3v) is 6.77. The summed E-state index contributed by atoms with van der Waals surface area (Å²) in [4.78, 5) is 4.82. The molecule has 0 aromatic carbocycles. The molecular weight excluding hydrogens is 193 g/mol. The van der Waals surface area contributed by atoms with Crippen molar-refractivity contribution in [3.8, 4) is 0 Å². The highest BCUT2D eigenvalue weighted by Crippen LogP contribution is 2.60. The van der Waals surface area contributed by atoms with Crippen LogP contribution in [0.5, 0.6) is 0 Å². The van der Waals surface area contributed by atoms with Crippen molar-refractivity contribution in [3.63, 3.8) is 0 Å². The fraction of sp³-hybridized carbons (Fsp3) is 1.00. The topological polar surface area (TPSA) is 9.72 Å². The van der Waals surface area contributed by atoms with Gasteiger partial charge in [-0.05, 0) is 61.3 Å². The van der Waals surface area contributed by atoms with Crippen LogP contribution >= 0.6 is 8.07 Å². The summed E-state index contributed by atoms with van der Waals surface area (Å²) in [5, 5.41) is 0.291. The Morgan fingerprint density at radius 2 is 1.43 bits per heavy atom. The van der Waals surface area contributed by atoms with Gasteiger partial charge in [0.15, 0.2) is 0 Å². The summed E-state index contributed by atoms with van der Waals surface area (Å²) in [5.41, 5.74) is 0. The van der Waals surface area contributed by atoms with Gasteiger partial charge in [-0.25, -0.2) is 0 Å². The Kier molecular flexibility index (Phi) is 3.93. The van der Waals surface area contributed by atoms with Crippen LogP contribution in [-0.2, 0) is 0 Å². The maximum Gasteiger partial charge on any atom is 0.107 e. The van der Waals surface area contributed by atoms with Gasteiger partial charge in [0.25, 0.3) is 0 Å². The second-order valence-corrected chi connectivity index (χ2v) is 7.40. The highest BCUT2D eigenvalue weighted by Gasteiger charge is 2.47. The van der Waals surface area contributed by atoms with E-state index >= 15 is 0 Å². The molecule has 0 aliphatic carbocycles. The minimum atomic E-state index is -0.0455. The molecular formula is C10H24N3P. The quantitative estimate of drug-likeness (QED) is 0.524. The van der Waals surface area contributed by atoms with Gasteiger partial charge in [-0.3, -0.25) is 14.5 Å². The monoisotopic (exact) mass is 217 g/mol. The maximum absolute atomic E-state index is 2.43. The van der Waals surface area contributed by atoms with Crippen molar-refractivity contribution in [1.29, 1.82) is 0 Å². The summed E-state index contributed by atoms with van der Waals surface area (Å²) in [6.45, 7) is 0. The van der Waals surface area contributed by atoms with Crippen LogP contribution in [-0.4, -0.2) is 68.3 Å². The Hall–Kier alpha value is 0.310. The second kappa shape index (κ2) is 4.44. The van der Waals surface area contributed by atoms with Crippen molar-refractivity contribution in [2.45, 2.75) is 18.2 Å². The zero-order chi connectivity index (χ0) is 10.9. The maximum atomic E-state index is 2.43. The smallest absolute Gasteiger partial charge is 0.107 e. The van der Waals surface area contributed by atoms with Crippen LogP contribution in [0.3, 0.4) is 0 Å². The lowest BCUT2D eigenvalue weighted by Crippen LogP contribution is -2.53. The summed E-state index contributed by atoms with van der Waals surface area (Å²) < 4.78 is 2.43. The van der Waals surface area contributed by atoms with E-state index < -0.39 is 0 Å². The predicted molar refractivity (Wildman–Crippen MR) is 64.8 cm³/mol. The Bertz CT molecular complexity index is 184. The molecule has 1 rings (SSSR count). The van der Waals surface area contributed by atoms with E-state index in [9.17, 15) is 0 Å². The van der Waals surface area contributed by atoms with E-state index in [2.05, 4.69) is 56.8 Å². The summed E-state index contributed by atoms with van der Waals surface area (Å²) >= 11 is 0. The van der Waals surface area contributed by atoms with Gasteiger partial charge < -0.3 is 0 Å². The van der Waals surface area contributed by atoms with Crippen molar-refractivity contribution in [3.05, 3.63) is 0 Å². The molecule has 1 fully saturated rings. The van der Waals surface area contributed by atoms with E-state index in [-0.39, 0.29) is 8.07 Å². The molecule has 84 valence electrons. The highest BCUT2D eigenvalue weighted by atomic mass is 31.1. The first-order chi connectivity index (χ1) is 6.43. The molecule has 1 heterocycles. The largest absolute Gasteiger partial charge is 0.287 e. The number of rotatable bonds is 3. The molecule has 1 aliphatic rings. The first kappa shape index (κ1) is 12.4. The molecule has 0 radical (unpaired) electrons. The molecule has 0 spiro atoms. The molecule has 1 aliphatic heterocycles. The van der Waals surface area contributed by atoms with Crippen molar-refractivity contribution < 1.29 is 0 Å². The van der Waals surface area contributed by atoms with Crippen LogP contribution in [0, 0.1) is 0 Å². The lowest BCUT2D eigenvalue weighted by atomic mass is 10.2. The van der Waals surface area contributed by atoms with E-state index in [1.165, 1.54) is 19.0 Å². The van der Waals surface area contributed by atoms with Gasteiger partial charge in [-0.15, -0.1) is 0 Å². The highest BCUT2D eigenvalue weighted by molar-refractivity contribution is 7.57. The molecule has 14 heavy (non-hydrogen) atoms. The van der Waals surface area contributed by atoms with E-state index in [0.29, 0.717) is 5.40 Å². The Balaban J connectivity index is 2.95. The van der Waals surface area contributed by atoms with E-state index in [1.807, 2.05) is 0 Å². The Labute approximate surface area is 89.9 Å². The second-order valence-electron chi connectivity index (χ2n) is 4.64. The van der Waals surface area contributed by atoms with Crippen molar-refractivity contribution in [1.82, 2.24) is 14.5 Å². The molecule has 0 N–H and O–H groups in total. The van der Waals surface area contributed by atoms with Gasteiger partial charge in [0.05, 0.1) is 0 Å². The van der Waals surface area contributed by atoms with Gasteiger partial charge in [0.1, 0.15) is 5.40 Å². The molecule has 0 aromatic heterocycles. The summed E-state index contributed by atoms with van der Waals surface area (Å²) in [5.74, 6) is 0. The predicted octanol–water partition coefficient (Wildman–Crippen LogP) is 1.52. The standard InChI is InChI=1S/C10H24N3P/c1-11(2)10(12(3)4)8-7-9-14(10)13(5)6/h7-9H2,1-6H3. The zero-order valence-corrected chi connectivity index (χ0v) is 11.3. The molecule has 1 atom stereocenters. The molecule has 0 saturated carbocycles. The van der Waals surface area contributed by atoms with Crippen molar-refractivity contribution in [2.75, 3.05) is 48.4 Å². The average molecular weight is 217 g/mol. The summed E-state index contributed by atoms with van der Waals surface area (Å²) in [6, 6.07) is 0. The number of nitrogens with zero attached hydrogens (tertiary/aromatic N) is 3. The van der Waals surface area contributed by atoms with E-state index in [1.54, 1.807) is 0 Å². The Morgan fingerprint density at radius 3 is 1.71 bits per heavy atom. The van der Waals surface area contributed by atoms with E-state index in [0.717, 1.165) is 0 Å². The third kappa shape index (κ3) is 1.83.